The zero-order chi connectivity index (χ0) is 24.4. The molecule has 1 aromatic carbocycles. The summed E-state index contributed by atoms with van der Waals surface area (Å²) >= 11 is 0. The molecule has 0 heterocycles. The predicted molar refractivity (Wildman–Crippen MR) is 115 cm³/mol. The van der Waals surface area contributed by atoms with Crippen LogP contribution >= 0.6 is 0 Å². The first kappa shape index (κ1) is 26.9. The van der Waals surface area contributed by atoms with E-state index < -0.39 is 54.5 Å². The van der Waals surface area contributed by atoms with Crippen LogP contribution in [0.1, 0.15) is 32.8 Å². The number of aliphatic hydroxyl groups is 1. The van der Waals surface area contributed by atoms with Crippen molar-refractivity contribution in [1.82, 2.24) is 16.0 Å². The molecule has 8 N–H and O–H groups in total. The molecule has 0 spiro atoms. The Morgan fingerprint density at radius 2 is 1.50 bits per heavy atom. The molecule has 1 rings (SSSR count). The number of aliphatic carboxylic acids is 1. The van der Waals surface area contributed by atoms with Gasteiger partial charge in [-0.1, -0.05) is 32.4 Å². The number of hydrogen-bond donors (Lipinski definition) is 7. The van der Waals surface area contributed by atoms with Gasteiger partial charge in [0.25, 0.3) is 0 Å². The summed E-state index contributed by atoms with van der Waals surface area (Å²) in [5, 5.41) is 35.2. The summed E-state index contributed by atoms with van der Waals surface area (Å²) in [6, 6.07) is 1.26. The van der Waals surface area contributed by atoms with Crippen molar-refractivity contribution in [3.63, 3.8) is 0 Å². The summed E-state index contributed by atoms with van der Waals surface area (Å²) in [6.45, 7) is 4.27. The lowest BCUT2D eigenvalue weighted by molar-refractivity contribution is -0.142. The summed E-state index contributed by atoms with van der Waals surface area (Å²) in [5.74, 6) is -3.57. The van der Waals surface area contributed by atoms with E-state index in [4.69, 9.17) is 5.73 Å². The Hall–Kier alpha value is -3.18. The van der Waals surface area contributed by atoms with Gasteiger partial charge in [-0.2, -0.15) is 0 Å². The van der Waals surface area contributed by atoms with Gasteiger partial charge < -0.3 is 37.0 Å². The molecule has 178 valence electrons. The van der Waals surface area contributed by atoms with Gasteiger partial charge in [-0.05, 0) is 30.5 Å². The van der Waals surface area contributed by atoms with E-state index in [1.54, 1.807) is 6.92 Å². The molecule has 11 heteroatoms. The topological polar surface area (TPSA) is 191 Å². The van der Waals surface area contributed by atoms with Gasteiger partial charge in [0.1, 0.15) is 23.9 Å². The second-order valence-corrected chi connectivity index (χ2v) is 7.66. The molecule has 32 heavy (non-hydrogen) atoms. The lowest BCUT2D eigenvalue weighted by atomic mass is 9.99. The molecule has 11 nitrogen and oxygen atoms in total. The van der Waals surface area contributed by atoms with Gasteiger partial charge in [-0.15, -0.1) is 0 Å². The van der Waals surface area contributed by atoms with Crippen LogP contribution in [0, 0.1) is 5.92 Å². The van der Waals surface area contributed by atoms with Crippen LogP contribution in [0.15, 0.2) is 24.3 Å². The van der Waals surface area contributed by atoms with Crippen LogP contribution in [-0.4, -0.2) is 69.8 Å². The number of carboxylic acid groups (broad SMARTS) is 1. The van der Waals surface area contributed by atoms with Crippen molar-refractivity contribution >= 4 is 23.7 Å². The van der Waals surface area contributed by atoms with Crippen molar-refractivity contribution in [3.05, 3.63) is 29.8 Å². The van der Waals surface area contributed by atoms with Crippen LogP contribution in [-0.2, 0) is 25.6 Å². The van der Waals surface area contributed by atoms with Crippen LogP contribution in [0.4, 0.5) is 0 Å². The van der Waals surface area contributed by atoms with Gasteiger partial charge in [0.05, 0.1) is 12.6 Å². The molecular weight excluding hydrogens is 420 g/mol. The number of carboxylic acids is 1. The first-order valence-corrected chi connectivity index (χ1v) is 10.3. The SMILES string of the molecule is CCC(C)C(N)C(=O)NC(CO)C(=O)NC(C)C(=O)NC(Cc1ccc(O)cc1)C(=O)O. The fourth-order valence-corrected chi connectivity index (χ4v) is 2.72. The molecular formula is C21H32N4O7. The average Bonchev–Trinajstić information content (AvgIpc) is 2.76. The lowest BCUT2D eigenvalue weighted by Gasteiger charge is -2.23. The number of rotatable bonds is 12. The maximum absolute atomic E-state index is 12.4. The third-order valence-corrected chi connectivity index (χ3v) is 5.12. The molecule has 0 fully saturated rings. The zero-order valence-electron chi connectivity index (χ0n) is 18.4. The number of carbonyl (C=O) groups excluding carboxylic acids is 3. The molecule has 0 bridgehead atoms. The fourth-order valence-electron chi connectivity index (χ4n) is 2.72. The molecule has 1 aromatic rings. The second-order valence-electron chi connectivity index (χ2n) is 7.66. The lowest BCUT2D eigenvalue weighted by Crippen LogP contribution is -2.58. The Kier molecular flexibility index (Phi) is 10.6. The fraction of sp³-hybridized carbons (Fsp3) is 0.524. The van der Waals surface area contributed by atoms with Crippen molar-refractivity contribution in [2.24, 2.45) is 11.7 Å². The van der Waals surface area contributed by atoms with E-state index in [-0.39, 0.29) is 18.1 Å². The zero-order valence-corrected chi connectivity index (χ0v) is 18.4. The number of nitrogens with one attached hydrogen (secondary N) is 3. The molecule has 0 aliphatic carbocycles. The number of phenols is 1. The smallest absolute Gasteiger partial charge is 0.326 e. The first-order chi connectivity index (χ1) is 15.0. The monoisotopic (exact) mass is 452 g/mol. The summed E-state index contributed by atoms with van der Waals surface area (Å²) in [5.41, 5.74) is 6.40. The highest BCUT2D eigenvalue weighted by Crippen LogP contribution is 2.11. The number of benzene rings is 1. The van der Waals surface area contributed by atoms with E-state index in [1.807, 2.05) is 6.92 Å². The summed E-state index contributed by atoms with van der Waals surface area (Å²) < 4.78 is 0. The van der Waals surface area contributed by atoms with Gasteiger partial charge in [0.2, 0.25) is 17.7 Å². The number of amides is 3. The number of carbonyl (C=O) groups is 4. The molecule has 0 aliphatic rings. The number of phenolic OH excluding ortho intramolecular Hbond substituents is 1. The molecule has 0 saturated heterocycles. The quantitative estimate of drug-likeness (QED) is 0.207. The highest BCUT2D eigenvalue weighted by Gasteiger charge is 2.29. The van der Waals surface area contributed by atoms with Crippen LogP contribution < -0.4 is 21.7 Å². The van der Waals surface area contributed by atoms with Crippen LogP contribution in [0.5, 0.6) is 5.75 Å². The predicted octanol–water partition coefficient (Wildman–Crippen LogP) is -1.14. The van der Waals surface area contributed by atoms with Crippen LogP contribution in [0.3, 0.4) is 0 Å². The van der Waals surface area contributed by atoms with Gasteiger partial charge in [0.15, 0.2) is 0 Å². The second kappa shape index (κ2) is 12.6. The third kappa shape index (κ3) is 8.16. The molecule has 0 radical (unpaired) electrons. The number of hydrogen-bond acceptors (Lipinski definition) is 7. The average molecular weight is 453 g/mol. The van der Waals surface area contributed by atoms with Gasteiger partial charge in [-0.25, -0.2) is 4.79 Å². The van der Waals surface area contributed by atoms with Crippen molar-refractivity contribution < 1.29 is 34.5 Å². The summed E-state index contributed by atoms with van der Waals surface area (Å²) in [7, 11) is 0. The Bertz CT molecular complexity index is 800. The van der Waals surface area contributed by atoms with E-state index in [9.17, 15) is 34.5 Å². The largest absolute Gasteiger partial charge is 0.508 e. The minimum atomic E-state index is -1.32. The standard InChI is InChI=1S/C21H32N4O7/c1-4-11(2)17(22)20(30)25-16(10-26)19(29)23-12(3)18(28)24-15(21(31)32)9-13-5-7-14(27)8-6-13/h5-8,11-12,15-17,26-27H,4,9-10,22H2,1-3H3,(H,23,29)(H,24,28)(H,25,30)(H,31,32). The normalized spacial score (nSPS) is 15.5. The van der Waals surface area contributed by atoms with E-state index in [0.29, 0.717) is 12.0 Å². The van der Waals surface area contributed by atoms with Gasteiger partial charge in [-0.3, -0.25) is 14.4 Å². The Morgan fingerprint density at radius 3 is 2.00 bits per heavy atom. The van der Waals surface area contributed by atoms with E-state index >= 15 is 0 Å². The summed E-state index contributed by atoms with van der Waals surface area (Å²) in [6.07, 6.45) is 0.613. The minimum absolute atomic E-state index is 0.0247. The van der Waals surface area contributed by atoms with Crippen molar-refractivity contribution in [1.29, 1.82) is 0 Å². The molecule has 0 aliphatic heterocycles. The first-order valence-electron chi connectivity index (χ1n) is 10.3. The highest BCUT2D eigenvalue weighted by molar-refractivity contribution is 5.94. The van der Waals surface area contributed by atoms with Gasteiger partial charge >= 0.3 is 5.97 Å². The van der Waals surface area contributed by atoms with Crippen LogP contribution in [0.25, 0.3) is 0 Å². The van der Waals surface area contributed by atoms with E-state index in [0.717, 1.165) is 0 Å². The Morgan fingerprint density at radius 1 is 0.938 bits per heavy atom. The third-order valence-electron chi connectivity index (χ3n) is 5.12. The van der Waals surface area contributed by atoms with Crippen molar-refractivity contribution in [2.75, 3.05) is 6.61 Å². The molecule has 5 unspecified atom stereocenters. The molecule has 3 amide bonds. The van der Waals surface area contributed by atoms with E-state index in [2.05, 4.69) is 16.0 Å². The van der Waals surface area contributed by atoms with Crippen molar-refractivity contribution in [3.8, 4) is 5.75 Å². The Balaban J connectivity index is 2.70. The van der Waals surface area contributed by atoms with Crippen LogP contribution in [0.2, 0.25) is 0 Å². The minimum Gasteiger partial charge on any atom is -0.508 e. The maximum atomic E-state index is 12.4. The number of aliphatic hydroxyl groups excluding tert-OH is 1. The summed E-state index contributed by atoms with van der Waals surface area (Å²) in [4.78, 5) is 48.5. The molecule has 5 atom stereocenters. The number of aromatic hydroxyl groups is 1. The molecule has 0 saturated carbocycles. The van der Waals surface area contributed by atoms with E-state index in [1.165, 1.54) is 31.2 Å². The van der Waals surface area contributed by atoms with Gasteiger partial charge in [0, 0.05) is 6.42 Å². The maximum Gasteiger partial charge on any atom is 0.326 e. The number of nitrogens with two attached hydrogens (primary N) is 1. The van der Waals surface area contributed by atoms with Crippen molar-refractivity contribution in [2.45, 2.75) is 57.8 Å². The molecule has 0 aromatic heterocycles. The Labute approximate surface area is 186 Å². The highest BCUT2D eigenvalue weighted by atomic mass is 16.4.